The Morgan fingerprint density at radius 1 is 1.50 bits per heavy atom. The Bertz CT molecular complexity index is 222. The van der Waals surface area contributed by atoms with Gasteiger partial charge in [-0.05, 0) is 0 Å². The van der Waals surface area contributed by atoms with E-state index in [-0.39, 0.29) is 6.61 Å². The second kappa shape index (κ2) is 6.10. The number of ether oxygens (including phenoxy) is 2. The van der Waals surface area contributed by atoms with Gasteiger partial charge in [-0.3, -0.25) is 9.36 Å². The van der Waals surface area contributed by atoms with Crippen molar-refractivity contribution in [2.45, 2.75) is 13.0 Å². The second-order valence-electron chi connectivity index (χ2n) is 2.57. The molecule has 0 rings (SSSR count). The van der Waals surface area contributed by atoms with Crippen molar-refractivity contribution in [2.24, 2.45) is 0 Å². The fourth-order valence-corrected chi connectivity index (χ4v) is 0.971. The summed E-state index contributed by atoms with van der Waals surface area (Å²) < 4.78 is 19.5. The zero-order chi connectivity index (χ0) is 11.2. The summed E-state index contributed by atoms with van der Waals surface area (Å²) in [6.07, 6.45) is -1.72. The third kappa shape index (κ3) is 8.15. The number of hydrogen-bond acceptors (Lipinski definition) is 5. The molecule has 0 heterocycles. The highest BCUT2D eigenvalue weighted by Gasteiger charge is 2.18. The van der Waals surface area contributed by atoms with Crippen LogP contribution in [0.1, 0.15) is 6.92 Å². The van der Waals surface area contributed by atoms with Gasteiger partial charge in [0.05, 0.1) is 6.61 Å². The highest BCUT2D eigenvalue weighted by Crippen LogP contribution is 2.34. The summed E-state index contributed by atoms with van der Waals surface area (Å²) >= 11 is 0. The van der Waals surface area contributed by atoms with Crippen molar-refractivity contribution in [3.63, 3.8) is 0 Å². The first-order valence-corrected chi connectivity index (χ1v) is 5.55. The van der Waals surface area contributed by atoms with Gasteiger partial charge in [0.25, 0.3) is 0 Å². The minimum atomic E-state index is -4.25. The van der Waals surface area contributed by atoms with E-state index < -0.39 is 32.6 Å². The molecule has 0 aliphatic rings. The van der Waals surface area contributed by atoms with Gasteiger partial charge < -0.3 is 24.4 Å². The summed E-state index contributed by atoms with van der Waals surface area (Å²) in [5.74, 6) is -0.553. The molecule has 0 amide bonds. The molecule has 1 atom stereocenters. The Kier molecular flexibility index (Phi) is 5.90. The van der Waals surface area contributed by atoms with Crippen LogP contribution in [-0.2, 0) is 18.8 Å². The lowest BCUT2D eigenvalue weighted by Crippen LogP contribution is -2.25. The van der Waals surface area contributed by atoms with Gasteiger partial charge in [0.2, 0.25) is 0 Å². The topological polar surface area (TPSA) is 113 Å². The van der Waals surface area contributed by atoms with E-state index in [0.717, 1.165) is 0 Å². The quantitative estimate of drug-likeness (QED) is 0.397. The van der Waals surface area contributed by atoms with Crippen molar-refractivity contribution in [3.8, 4) is 0 Å². The maximum Gasteiger partial charge on any atom is 0.350 e. The molecule has 0 saturated carbocycles. The molecule has 0 aromatic carbocycles. The van der Waals surface area contributed by atoms with Gasteiger partial charge in [-0.25, -0.2) is 0 Å². The molecule has 3 N–H and O–H groups in total. The zero-order valence-electron chi connectivity index (χ0n) is 7.62. The van der Waals surface area contributed by atoms with Crippen molar-refractivity contribution in [2.75, 3.05) is 19.6 Å². The van der Waals surface area contributed by atoms with Gasteiger partial charge in [-0.1, -0.05) is 0 Å². The van der Waals surface area contributed by atoms with Crippen molar-refractivity contribution in [3.05, 3.63) is 0 Å². The van der Waals surface area contributed by atoms with Crippen LogP contribution < -0.4 is 0 Å². The number of rotatable bonds is 6. The van der Waals surface area contributed by atoms with Gasteiger partial charge in [-0.2, -0.15) is 0 Å². The number of carbonyl (C=O) groups is 1. The van der Waals surface area contributed by atoms with Crippen LogP contribution in [0.25, 0.3) is 0 Å². The molecule has 8 heteroatoms. The molecule has 7 nitrogen and oxygen atoms in total. The van der Waals surface area contributed by atoms with Crippen LogP contribution >= 0.6 is 7.60 Å². The number of hydrogen-bond donors (Lipinski definition) is 3. The number of aliphatic hydroxyl groups is 1. The lowest BCUT2D eigenvalue weighted by molar-refractivity contribution is -0.145. The standard InChI is InChI=1S/C6H13O7P/c1-5(8)12-3-6(2-7)13-4-14(9,10)11/h6-7H,2-4H2,1H3,(H2,9,10,11). The van der Waals surface area contributed by atoms with E-state index in [1.807, 2.05) is 0 Å². The molecule has 1 unspecified atom stereocenters. The molecule has 0 aliphatic carbocycles. The number of aliphatic hydroxyl groups excluding tert-OH is 1. The minimum absolute atomic E-state index is 0.230. The SMILES string of the molecule is CC(=O)OCC(CO)OCP(=O)(O)O. The first-order valence-electron chi connectivity index (χ1n) is 3.75. The van der Waals surface area contributed by atoms with Crippen LogP contribution in [-0.4, -0.2) is 46.5 Å². The van der Waals surface area contributed by atoms with Crippen LogP contribution in [0.15, 0.2) is 0 Å². The highest BCUT2D eigenvalue weighted by atomic mass is 31.2. The van der Waals surface area contributed by atoms with Crippen molar-refractivity contribution in [1.82, 2.24) is 0 Å². The Morgan fingerprint density at radius 3 is 2.43 bits per heavy atom. The van der Waals surface area contributed by atoms with Crippen LogP contribution in [0.3, 0.4) is 0 Å². The Hall–Kier alpha value is -0.460. The minimum Gasteiger partial charge on any atom is -0.463 e. The molecule has 0 fully saturated rings. The van der Waals surface area contributed by atoms with E-state index in [9.17, 15) is 9.36 Å². The largest absolute Gasteiger partial charge is 0.463 e. The number of carbonyl (C=O) groups excluding carboxylic acids is 1. The normalized spacial score (nSPS) is 13.7. The summed E-state index contributed by atoms with van der Waals surface area (Å²) in [5, 5.41) is 8.67. The van der Waals surface area contributed by atoms with Crippen molar-refractivity contribution < 1.29 is 33.7 Å². The van der Waals surface area contributed by atoms with E-state index in [2.05, 4.69) is 9.47 Å². The van der Waals surface area contributed by atoms with Gasteiger partial charge in [0.15, 0.2) is 0 Å². The summed E-state index contributed by atoms with van der Waals surface area (Å²) in [6.45, 7) is 0.469. The van der Waals surface area contributed by atoms with Crippen molar-refractivity contribution >= 4 is 13.6 Å². The zero-order valence-corrected chi connectivity index (χ0v) is 8.51. The number of esters is 1. The smallest absolute Gasteiger partial charge is 0.350 e. The van der Waals surface area contributed by atoms with Crippen LogP contribution in [0.2, 0.25) is 0 Å². The van der Waals surface area contributed by atoms with Gasteiger partial charge in [0, 0.05) is 6.92 Å². The third-order valence-corrected chi connectivity index (χ3v) is 1.64. The van der Waals surface area contributed by atoms with Crippen LogP contribution in [0.5, 0.6) is 0 Å². The Balaban J connectivity index is 3.80. The molecule has 0 bridgehead atoms. The van der Waals surface area contributed by atoms with Crippen LogP contribution in [0, 0.1) is 0 Å². The predicted molar refractivity (Wildman–Crippen MR) is 45.5 cm³/mol. The van der Waals surface area contributed by atoms with E-state index in [1.54, 1.807) is 0 Å². The molecule has 0 spiro atoms. The Labute approximate surface area is 80.8 Å². The van der Waals surface area contributed by atoms with E-state index in [1.165, 1.54) is 6.92 Å². The van der Waals surface area contributed by atoms with Crippen LogP contribution in [0.4, 0.5) is 0 Å². The first-order chi connectivity index (χ1) is 6.35. The van der Waals surface area contributed by atoms with Crippen molar-refractivity contribution in [1.29, 1.82) is 0 Å². The van der Waals surface area contributed by atoms with Gasteiger partial charge in [-0.15, -0.1) is 0 Å². The molecule has 0 radical (unpaired) electrons. The summed E-state index contributed by atoms with van der Waals surface area (Å²) in [6, 6.07) is 0. The van der Waals surface area contributed by atoms with E-state index in [4.69, 9.17) is 14.9 Å². The highest BCUT2D eigenvalue weighted by molar-refractivity contribution is 7.51. The molecule has 0 aliphatic heterocycles. The summed E-state index contributed by atoms with van der Waals surface area (Å²) in [5.41, 5.74) is 0. The fraction of sp³-hybridized carbons (Fsp3) is 0.833. The predicted octanol–water partition coefficient (Wildman–Crippen LogP) is -0.938. The first kappa shape index (κ1) is 13.5. The average Bonchev–Trinajstić information content (AvgIpc) is 2.02. The monoisotopic (exact) mass is 228 g/mol. The average molecular weight is 228 g/mol. The fourth-order valence-electron chi connectivity index (χ4n) is 0.566. The van der Waals surface area contributed by atoms with E-state index in [0.29, 0.717) is 0 Å². The van der Waals surface area contributed by atoms with E-state index >= 15 is 0 Å². The lowest BCUT2D eigenvalue weighted by Gasteiger charge is -2.15. The maximum absolute atomic E-state index is 10.4. The molecule has 0 saturated heterocycles. The molecule has 84 valence electrons. The van der Waals surface area contributed by atoms with Gasteiger partial charge >= 0.3 is 13.6 Å². The summed E-state index contributed by atoms with van der Waals surface area (Å²) in [7, 11) is -4.25. The lowest BCUT2D eigenvalue weighted by atomic mass is 10.4. The van der Waals surface area contributed by atoms with Gasteiger partial charge in [0.1, 0.15) is 19.1 Å². The third-order valence-electron chi connectivity index (χ3n) is 1.15. The molecule has 0 aromatic heterocycles. The molecule has 0 aromatic rings. The molecule has 14 heavy (non-hydrogen) atoms. The molecular weight excluding hydrogens is 215 g/mol. The Morgan fingerprint density at radius 2 is 2.07 bits per heavy atom. The maximum atomic E-state index is 10.4. The summed E-state index contributed by atoms with van der Waals surface area (Å²) in [4.78, 5) is 27.2. The second-order valence-corrected chi connectivity index (χ2v) is 4.16. The molecular formula is C6H13O7P.